The van der Waals surface area contributed by atoms with E-state index in [1.54, 1.807) is 6.07 Å². The van der Waals surface area contributed by atoms with Gasteiger partial charge in [0.25, 0.3) is 0 Å². The lowest BCUT2D eigenvalue weighted by molar-refractivity contribution is -0.385. The van der Waals surface area contributed by atoms with Gasteiger partial charge in [-0.2, -0.15) is 0 Å². The van der Waals surface area contributed by atoms with Gasteiger partial charge in [0.05, 0.1) is 4.92 Å². The Morgan fingerprint density at radius 2 is 1.94 bits per heavy atom. The number of hydrogen-bond donors (Lipinski definition) is 1. The highest BCUT2D eigenvalue weighted by Crippen LogP contribution is 2.32. The van der Waals surface area contributed by atoms with Crippen LogP contribution in [0.4, 0.5) is 17.1 Å². The number of hydrogen-bond acceptors (Lipinski definition) is 4. The zero-order valence-electron chi connectivity index (χ0n) is 8.93. The van der Waals surface area contributed by atoms with E-state index in [1.807, 2.05) is 24.3 Å². The highest BCUT2D eigenvalue weighted by atomic mass is 127. The minimum atomic E-state index is -0.466. The summed E-state index contributed by atoms with van der Waals surface area (Å²) in [6, 6.07) is 9.14. The van der Waals surface area contributed by atoms with Crippen LogP contribution in [0.15, 0.2) is 41.1 Å². The van der Waals surface area contributed by atoms with Crippen molar-refractivity contribution in [3.05, 3.63) is 54.8 Å². The molecule has 0 spiro atoms. The molecular weight excluding hydrogens is 413 g/mol. The molecule has 0 atom stereocenters. The fraction of sp³-hybridized carbons (Fsp3) is 0. The summed E-state index contributed by atoms with van der Waals surface area (Å²) < 4.78 is 1.31. The van der Waals surface area contributed by atoms with E-state index in [0.29, 0.717) is 5.69 Å². The summed E-state index contributed by atoms with van der Waals surface area (Å²) in [6.07, 6.45) is 1.51. The van der Waals surface area contributed by atoms with Gasteiger partial charge < -0.3 is 5.32 Å². The van der Waals surface area contributed by atoms with E-state index >= 15 is 0 Å². The van der Waals surface area contributed by atoms with Gasteiger partial charge in [-0.1, -0.05) is 0 Å². The first-order valence-electron chi connectivity index (χ1n) is 4.89. The van der Waals surface area contributed by atoms with E-state index in [1.165, 1.54) is 6.20 Å². The van der Waals surface area contributed by atoms with Crippen LogP contribution in [0.25, 0.3) is 0 Å². The molecule has 5 nitrogen and oxygen atoms in total. The van der Waals surface area contributed by atoms with E-state index < -0.39 is 4.92 Å². The normalized spacial score (nSPS) is 10.1. The van der Waals surface area contributed by atoms with Crippen LogP contribution >= 0.6 is 38.5 Å². The molecule has 0 aliphatic heterocycles. The Kier molecular flexibility index (Phi) is 4.12. The Balaban J connectivity index is 2.37. The Morgan fingerprint density at radius 3 is 2.56 bits per heavy atom. The fourth-order valence-corrected chi connectivity index (χ4v) is 2.23. The molecule has 0 fully saturated rings. The summed E-state index contributed by atoms with van der Waals surface area (Å²) in [6.45, 7) is 0. The third-order valence-electron chi connectivity index (χ3n) is 2.19. The Morgan fingerprint density at radius 1 is 1.28 bits per heavy atom. The number of nitrogens with zero attached hydrogens (tertiary/aromatic N) is 2. The van der Waals surface area contributed by atoms with Crippen LogP contribution in [0.2, 0.25) is 0 Å². The van der Waals surface area contributed by atoms with Crippen molar-refractivity contribution in [3.8, 4) is 0 Å². The van der Waals surface area contributed by atoms with Crippen LogP contribution in [0.1, 0.15) is 0 Å². The number of anilines is 2. The van der Waals surface area contributed by atoms with Crippen molar-refractivity contribution in [2.24, 2.45) is 0 Å². The van der Waals surface area contributed by atoms with Crippen LogP contribution in [-0.4, -0.2) is 9.91 Å². The summed E-state index contributed by atoms with van der Waals surface area (Å²) in [7, 11) is 0. The predicted molar refractivity (Wildman–Crippen MR) is 81.0 cm³/mol. The number of nitrogens with one attached hydrogen (secondary N) is 1. The van der Waals surface area contributed by atoms with Crippen LogP contribution in [0, 0.1) is 13.7 Å². The molecule has 0 aliphatic carbocycles. The highest BCUT2D eigenvalue weighted by molar-refractivity contribution is 14.1. The summed E-state index contributed by atoms with van der Waals surface area (Å²) in [5.74, 6) is 0. The van der Waals surface area contributed by atoms with Crippen molar-refractivity contribution < 1.29 is 4.92 Å². The summed E-state index contributed by atoms with van der Waals surface area (Å²) in [4.78, 5) is 14.4. The molecule has 7 heteroatoms. The van der Waals surface area contributed by atoms with Gasteiger partial charge in [-0.3, -0.25) is 10.1 Å². The topological polar surface area (TPSA) is 68.1 Å². The number of benzene rings is 1. The van der Waals surface area contributed by atoms with Crippen molar-refractivity contribution >= 4 is 55.6 Å². The van der Waals surface area contributed by atoms with E-state index in [-0.39, 0.29) is 10.3 Å². The number of aromatic nitrogens is 1. The monoisotopic (exact) mass is 419 g/mol. The van der Waals surface area contributed by atoms with Crippen molar-refractivity contribution in [1.29, 1.82) is 0 Å². The molecule has 1 aromatic heterocycles. The summed E-state index contributed by atoms with van der Waals surface area (Å²) >= 11 is 5.28. The predicted octanol–water partition coefficient (Wildman–Crippen LogP) is 4.10. The molecule has 2 aromatic rings. The molecule has 1 heterocycles. The van der Waals surface area contributed by atoms with E-state index in [0.717, 1.165) is 9.26 Å². The molecule has 0 aliphatic rings. The molecule has 0 unspecified atom stereocenters. The van der Waals surface area contributed by atoms with E-state index in [9.17, 15) is 10.1 Å². The first kappa shape index (κ1) is 13.2. The van der Waals surface area contributed by atoms with E-state index in [2.05, 4.69) is 48.8 Å². The standard InChI is InChI=1S/C11H7BrIN3O2/c12-11-10(16(17)18)9(5-6-14-11)15-8-3-1-7(13)2-4-8/h1-6H,(H,14,15). The van der Waals surface area contributed by atoms with Gasteiger partial charge in [0.2, 0.25) is 0 Å². The van der Waals surface area contributed by atoms with Crippen LogP contribution in [0.3, 0.4) is 0 Å². The Hall–Kier alpha value is -1.22. The molecule has 0 saturated carbocycles. The van der Waals surface area contributed by atoms with Crippen molar-refractivity contribution in [1.82, 2.24) is 4.98 Å². The van der Waals surface area contributed by atoms with E-state index in [4.69, 9.17) is 0 Å². The highest BCUT2D eigenvalue weighted by Gasteiger charge is 2.19. The zero-order chi connectivity index (χ0) is 13.1. The third kappa shape index (κ3) is 2.96. The van der Waals surface area contributed by atoms with Gasteiger partial charge in [-0.25, -0.2) is 4.98 Å². The first-order valence-corrected chi connectivity index (χ1v) is 6.76. The average molecular weight is 420 g/mol. The smallest absolute Gasteiger partial charge is 0.325 e. The van der Waals surface area contributed by atoms with Crippen LogP contribution in [-0.2, 0) is 0 Å². The second-order valence-corrected chi connectivity index (χ2v) is 5.38. The Bertz CT molecular complexity index is 589. The lowest BCUT2D eigenvalue weighted by atomic mass is 10.3. The number of nitro groups is 1. The molecule has 1 N–H and O–H groups in total. The van der Waals surface area contributed by atoms with Gasteiger partial charge in [0.15, 0.2) is 4.60 Å². The van der Waals surface area contributed by atoms with Crippen molar-refractivity contribution in [2.75, 3.05) is 5.32 Å². The maximum Gasteiger partial charge on any atom is 0.325 e. The molecule has 92 valence electrons. The number of pyridine rings is 1. The zero-order valence-corrected chi connectivity index (χ0v) is 12.7. The maximum absolute atomic E-state index is 11.0. The molecule has 0 radical (unpaired) electrons. The lowest BCUT2D eigenvalue weighted by Gasteiger charge is -2.07. The second kappa shape index (κ2) is 5.61. The minimum Gasteiger partial charge on any atom is -0.350 e. The SMILES string of the molecule is O=[N+]([O-])c1c(Nc2ccc(I)cc2)ccnc1Br. The molecule has 0 amide bonds. The molecule has 1 aromatic carbocycles. The average Bonchev–Trinajstić information content (AvgIpc) is 2.32. The molecular formula is C11H7BrIN3O2. The van der Waals surface area contributed by atoms with Crippen LogP contribution < -0.4 is 5.32 Å². The quantitative estimate of drug-likeness (QED) is 0.352. The summed E-state index contributed by atoms with van der Waals surface area (Å²) in [5, 5.41) is 14.0. The number of halogens is 2. The number of rotatable bonds is 3. The van der Waals surface area contributed by atoms with Gasteiger partial charge in [0.1, 0.15) is 5.69 Å². The fourth-order valence-electron chi connectivity index (χ4n) is 1.39. The van der Waals surface area contributed by atoms with Gasteiger partial charge in [-0.15, -0.1) is 0 Å². The molecule has 0 bridgehead atoms. The van der Waals surface area contributed by atoms with Gasteiger partial charge in [-0.05, 0) is 68.9 Å². The third-order valence-corrected chi connectivity index (χ3v) is 3.48. The molecule has 0 saturated heterocycles. The lowest BCUT2D eigenvalue weighted by Crippen LogP contribution is -1.99. The van der Waals surface area contributed by atoms with Crippen molar-refractivity contribution in [3.63, 3.8) is 0 Å². The second-order valence-electron chi connectivity index (χ2n) is 3.39. The minimum absolute atomic E-state index is 0.0731. The largest absolute Gasteiger partial charge is 0.350 e. The van der Waals surface area contributed by atoms with Gasteiger partial charge >= 0.3 is 5.69 Å². The van der Waals surface area contributed by atoms with Crippen molar-refractivity contribution in [2.45, 2.75) is 0 Å². The Labute approximate surface area is 125 Å². The summed E-state index contributed by atoms with van der Waals surface area (Å²) in [5.41, 5.74) is 1.12. The van der Waals surface area contributed by atoms with Gasteiger partial charge in [0, 0.05) is 15.5 Å². The first-order chi connectivity index (χ1) is 8.58. The maximum atomic E-state index is 11.0. The van der Waals surface area contributed by atoms with Crippen LogP contribution in [0.5, 0.6) is 0 Å². The molecule has 2 rings (SSSR count). The molecule has 18 heavy (non-hydrogen) atoms.